The van der Waals surface area contributed by atoms with Crippen LogP contribution in [0.3, 0.4) is 0 Å². The lowest BCUT2D eigenvalue weighted by Gasteiger charge is -1.98. The molecule has 0 saturated carbocycles. The third-order valence-corrected chi connectivity index (χ3v) is 3.37. The number of para-hydroxylation sites is 1. The molecule has 0 radical (unpaired) electrons. The zero-order valence-corrected chi connectivity index (χ0v) is 9.76. The van der Waals surface area contributed by atoms with Gasteiger partial charge < -0.3 is 0 Å². The van der Waals surface area contributed by atoms with Gasteiger partial charge in [-0.05, 0) is 29.0 Å². The second-order valence-electron chi connectivity index (χ2n) is 4.48. The Hall–Kier alpha value is -2.41. The fraction of sp³-hybridized carbons (Fsp3) is 0. The molecular formula is C17H11O+. The molecule has 4 aromatic rings. The normalized spacial score (nSPS) is 11.3. The van der Waals surface area contributed by atoms with Crippen molar-refractivity contribution in [2.24, 2.45) is 0 Å². The first-order valence-corrected chi connectivity index (χ1v) is 6.05. The summed E-state index contributed by atoms with van der Waals surface area (Å²) in [6, 6.07) is 22.9. The SMILES string of the molecule is c1ccc2[o+]c3ccc4ccccc4c3cc2c1. The molecule has 0 aliphatic carbocycles. The van der Waals surface area contributed by atoms with Gasteiger partial charge in [0, 0.05) is 12.1 Å². The zero-order valence-electron chi connectivity index (χ0n) is 9.76. The minimum Gasteiger partial charge on any atom is -0.207 e. The lowest BCUT2D eigenvalue weighted by Crippen LogP contribution is -1.79. The predicted molar refractivity (Wildman–Crippen MR) is 75.6 cm³/mol. The highest BCUT2D eigenvalue weighted by atomic mass is 16.3. The minimum absolute atomic E-state index is 0.931. The number of hydrogen-bond donors (Lipinski definition) is 0. The third kappa shape index (κ3) is 1.31. The molecule has 0 amide bonds. The average Bonchev–Trinajstić information content (AvgIpc) is 2.45. The molecule has 0 aliphatic rings. The first-order chi connectivity index (χ1) is 8.92. The van der Waals surface area contributed by atoms with Crippen LogP contribution in [0.15, 0.2) is 71.1 Å². The minimum atomic E-state index is 0.931. The van der Waals surface area contributed by atoms with E-state index in [1.54, 1.807) is 0 Å². The molecule has 0 N–H and O–H groups in total. The molecule has 0 spiro atoms. The topological polar surface area (TPSA) is 11.3 Å². The number of rotatable bonds is 0. The van der Waals surface area contributed by atoms with Crippen molar-refractivity contribution in [3.63, 3.8) is 0 Å². The summed E-state index contributed by atoms with van der Waals surface area (Å²) < 4.78 is 5.95. The molecule has 0 fully saturated rings. The summed E-state index contributed by atoms with van der Waals surface area (Å²) in [5.41, 5.74) is 1.87. The molecular weight excluding hydrogens is 220 g/mol. The molecule has 0 saturated heterocycles. The maximum Gasteiger partial charge on any atom is 0.361 e. The summed E-state index contributed by atoms with van der Waals surface area (Å²) in [7, 11) is 0. The molecule has 3 aromatic carbocycles. The van der Waals surface area contributed by atoms with Gasteiger partial charge >= 0.3 is 11.2 Å². The van der Waals surface area contributed by atoms with E-state index in [2.05, 4.69) is 42.5 Å². The van der Waals surface area contributed by atoms with E-state index in [9.17, 15) is 0 Å². The monoisotopic (exact) mass is 231 g/mol. The molecule has 1 aromatic heterocycles. The summed E-state index contributed by atoms with van der Waals surface area (Å²) in [6.07, 6.45) is 0. The van der Waals surface area contributed by atoms with Crippen molar-refractivity contribution < 1.29 is 4.42 Å². The van der Waals surface area contributed by atoms with Crippen molar-refractivity contribution in [2.45, 2.75) is 0 Å². The van der Waals surface area contributed by atoms with E-state index < -0.39 is 0 Å². The van der Waals surface area contributed by atoms with Crippen molar-refractivity contribution in [1.29, 1.82) is 0 Å². The summed E-state index contributed by atoms with van der Waals surface area (Å²) in [6.45, 7) is 0. The maximum absolute atomic E-state index is 5.95. The van der Waals surface area contributed by atoms with Crippen LogP contribution in [0, 0.1) is 0 Å². The summed E-state index contributed by atoms with van der Waals surface area (Å²) in [4.78, 5) is 0. The van der Waals surface area contributed by atoms with Gasteiger partial charge in [0.1, 0.15) is 0 Å². The Kier molecular flexibility index (Phi) is 1.89. The van der Waals surface area contributed by atoms with Gasteiger partial charge in [-0.15, -0.1) is 0 Å². The second-order valence-corrected chi connectivity index (χ2v) is 4.48. The number of hydrogen-bond acceptors (Lipinski definition) is 0. The van der Waals surface area contributed by atoms with E-state index in [-0.39, 0.29) is 0 Å². The van der Waals surface area contributed by atoms with Crippen LogP contribution in [0.25, 0.3) is 32.7 Å². The van der Waals surface area contributed by atoms with E-state index in [0.717, 1.165) is 16.6 Å². The van der Waals surface area contributed by atoms with Crippen LogP contribution >= 0.6 is 0 Å². The van der Waals surface area contributed by atoms with Gasteiger partial charge in [0.25, 0.3) is 0 Å². The lowest BCUT2D eigenvalue weighted by atomic mass is 10.0. The highest BCUT2D eigenvalue weighted by molar-refractivity contribution is 6.08. The number of fused-ring (bicyclic) bond motifs is 4. The standard InChI is InChI=1S/C17H11O/c1-3-7-14-12(5-1)9-10-17-15(14)11-13-6-2-4-8-16(13)18-17/h1-11H/q+1. The Bertz CT molecular complexity index is 872. The van der Waals surface area contributed by atoms with Crippen LogP contribution < -0.4 is 0 Å². The molecule has 18 heavy (non-hydrogen) atoms. The number of benzene rings is 3. The zero-order chi connectivity index (χ0) is 11.9. The van der Waals surface area contributed by atoms with Crippen LogP contribution in [-0.4, -0.2) is 0 Å². The van der Waals surface area contributed by atoms with Crippen LogP contribution in [0.5, 0.6) is 0 Å². The van der Waals surface area contributed by atoms with Crippen molar-refractivity contribution in [3.8, 4) is 0 Å². The first-order valence-electron chi connectivity index (χ1n) is 6.05. The molecule has 84 valence electrons. The van der Waals surface area contributed by atoms with E-state index >= 15 is 0 Å². The lowest BCUT2D eigenvalue weighted by molar-refractivity contribution is 0.661. The molecule has 0 bridgehead atoms. The average molecular weight is 231 g/mol. The van der Waals surface area contributed by atoms with Gasteiger partial charge in [-0.2, -0.15) is 0 Å². The largest absolute Gasteiger partial charge is 0.361 e. The smallest absolute Gasteiger partial charge is 0.207 e. The van der Waals surface area contributed by atoms with Gasteiger partial charge in [-0.25, -0.2) is 4.42 Å². The van der Waals surface area contributed by atoms with E-state index in [0.29, 0.717) is 0 Å². The molecule has 1 heterocycles. The van der Waals surface area contributed by atoms with Crippen LogP contribution in [0.4, 0.5) is 0 Å². The van der Waals surface area contributed by atoms with Gasteiger partial charge in [0.05, 0.1) is 10.8 Å². The molecule has 0 atom stereocenters. The van der Waals surface area contributed by atoms with Crippen LogP contribution in [0.2, 0.25) is 0 Å². The molecule has 1 nitrogen and oxygen atoms in total. The predicted octanol–water partition coefficient (Wildman–Crippen LogP) is 5.02. The van der Waals surface area contributed by atoms with Crippen LogP contribution in [0.1, 0.15) is 0 Å². The first kappa shape index (κ1) is 9.60. The molecule has 0 aliphatic heterocycles. The summed E-state index contributed by atoms with van der Waals surface area (Å²) >= 11 is 0. The Balaban J connectivity index is 2.27. The highest BCUT2D eigenvalue weighted by Crippen LogP contribution is 2.29. The van der Waals surface area contributed by atoms with Gasteiger partial charge in [0.2, 0.25) is 0 Å². The van der Waals surface area contributed by atoms with Gasteiger partial charge in [0.15, 0.2) is 0 Å². The van der Waals surface area contributed by atoms with Gasteiger partial charge in [-0.3, -0.25) is 0 Å². The van der Waals surface area contributed by atoms with Crippen molar-refractivity contribution in [1.82, 2.24) is 0 Å². The van der Waals surface area contributed by atoms with Crippen molar-refractivity contribution >= 4 is 32.7 Å². The second kappa shape index (κ2) is 3.54. The van der Waals surface area contributed by atoms with Crippen molar-refractivity contribution in [2.75, 3.05) is 0 Å². The molecule has 0 unspecified atom stereocenters. The van der Waals surface area contributed by atoms with Crippen molar-refractivity contribution in [3.05, 3.63) is 66.7 Å². The Labute approximate surface area is 104 Å². The third-order valence-electron chi connectivity index (χ3n) is 3.37. The molecule has 1 heteroatoms. The summed E-state index contributed by atoms with van der Waals surface area (Å²) in [5.74, 6) is 0. The van der Waals surface area contributed by atoms with E-state index in [1.807, 2.05) is 24.3 Å². The maximum atomic E-state index is 5.95. The molecule has 4 rings (SSSR count). The van der Waals surface area contributed by atoms with Gasteiger partial charge in [-0.1, -0.05) is 36.4 Å². The fourth-order valence-corrected chi connectivity index (χ4v) is 2.48. The highest BCUT2D eigenvalue weighted by Gasteiger charge is 2.13. The Morgan fingerprint density at radius 2 is 1.33 bits per heavy atom. The van der Waals surface area contributed by atoms with E-state index in [4.69, 9.17) is 4.42 Å². The Morgan fingerprint density at radius 3 is 2.28 bits per heavy atom. The Morgan fingerprint density at radius 1 is 0.556 bits per heavy atom. The summed E-state index contributed by atoms with van der Waals surface area (Å²) in [5, 5.41) is 4.80. The van der Waals surface area contributed by atoms with Crippen LogP contribution in [-0.2, 0) is 0 Å². The quantitative estimate of drug-likeness (QED) is 0.235. The fourth-order valence-electron chi connectivity index (χ4n) is 2.48. The van der Waals surface area contributed by atoms with E-state index in [1.165, 1.54) is 16.2 Å².